The summed E-state index contributed by atoms with van der Waals surface area (Å²) in [5.41, 5.74) is 0.869. The van der Waals surface area contributed by atoms with Gasteiger partial charge in [-0.3, -0.25) is 0 Å². The molecule has 0 atom stereocenters. The summed E-state index contributed by atoms with van der Waals surface area (Å²) in [4.78, 5) is 0. The molecular formula is C12H14BrNO2. The third kappa shape index (κ3) is 2.23. The minimum absolute atomic E-state index is 0.750. The lowest BCUT2D eigenvalue weighted by Gasteiger charge is -2.00. The van der Waals surface area contributed by atoms with Crippen molar-refractivity contribution >= 4 is 26.9 Å². The molecule has 1 aromatic heterocycles. The van der Waals surface area contributed by atoms with Crippen LogP contribution >= 0.6 is 15.9 Å². The van der Waals surface area contributed by atoms with Crippen LogP contribution in [0.2, 0.25) is 0 Å². The van der Waals surface area contributed by atoms with E-state index in [0.717, 1.165) is 40.0 Å². The molecule has 0 saturated heterocycles. The van der Waals surface area contributed by atoms with Gasteiger partial charge in [-0.1, -0.05) is 6.92 Å². The zero-order chi connectivity index (χ0) is 11.5. The van der Waals surface area contributed by atoms with Gasteiger partial charge in [0.2, 0.25) is 0 Å². The van der Waals surface area contributed by atoms with Crippen molar-refractivity contribution in [1.29, 1.82) is 0 Å². The number of hydrogen-bond donors (Lipinski definition) is 1. The zero-order valence-corrected chi connectivity index (χ0v) is 10.9. The molecule has 0 saturated carbocycles. The number of furan rings is 1. The fraction of sp³-hybridized carbons (Fsp3) is 0.333. The Bertz CT molecular complexity index is 493. The van der Waals surface area contributed by atoms with Gasteiger partial charge in [0.15, 0.2) is 0 Å². The first-order valence-electron chi connectivity index (χ1n) is 5.21. The third-order valence-corrected chi connectivity index (χ3v) is 2.97. The summed E-state index contributed by atoms with van der Waals surface area (Å²) >= 11 is 3.48. The minimum atomic E-state index is 0.750. The molecule has 1 N–H and O–H groups in total. The smallest absolute Gasteiger partial charge is 0.148 e. The van der Waals surface area contributed by atoms with Gasteiger partial charge in [0.25, 0.3) is 0 Å². The van der Waals surface area contributed by atoms with Gasteiger partial charge in [0, 0.05) is 5.39 Å². The van der Waals surface area contributed by atoms with Crippen LogP contribution in [-0.2, 0) is 6.54 Å². The highest BCUT2D eigenvalue weighted by molar-refractivity contribution is 9.10. The number of rotatable bonds is 4. The summed E-state index contributed by atoms with van der Waals surface area (Å²) in [7, 11) is 1.66. The highest BCUT2D eigenvalue weighted by atomic mass is 79.9. The van der Waals surface area contributed by atoms with Crippen molar-refractivity contribution < 1.29 is 9.15 Å². The average Bonchev–Trinajstić information content (AvgIpc) is 2.69. The van der Waals surface area contributed by atoms with Gasteiger partial charge in [-0.15, -0.1) is 0 Å². The predicted octanol–water partition coefficient (Wildman–Crippen LogP) is 3.31. The lowest BCUT2D eigenvalue weighted by molar-refractivity contribution is 0.415. The van der Waals surface area contributed by atoms with Crippen molar-refractivity contribution in [3.05, 3.63) is 28.4 Å². The molecule has 0 fully saturated rings. The number of benzene rings is 1. The van der Waals surface area contributed by atoms with Crippen molar-refractivity contribution in [3.63, 3.8) is 0 Å². The highest BCUT2D eigenvalue weighted by Gasteiger charge is 2.08. The topological polar surface area (TPSA) is 34.4 Å². The van der Waals surface area contributed by atoms with E-state index < -0.39 is 0 Å². The van der Waals surface area contributed by atoms with Gasteiger partial charge in [0.05, 0.1) is 18.1 Å². The van der Waals surface area contributed by atoms with Crippen LogP contribution < -0.4 is 10.1 Å². The summed E-state index contributed by atoms with van der Waals surface area (Å²) in [6, 6.07) is 5.91. The van der Waals surface area contributed by atoms with Crippen LogP contribution in [0.25, 0.3) is 11.0 Å². The molecule has 0 aliphatic carbocycles. The Kier molecular flexibility index (Phi) is 3.51. The van der Waals surface area contributed by atoms with E-state index in [1.165, 1.54) is 0 Å². The van der Waals surface area contributed by atoms with Gasteiger partial charge in [0.1, 0.15) is 17.1 Å². The van der Waals surface area contributed by atoms with E-state index >= 15 is 0 Å². The van der Waals surface area contributed by atoms with Crippen LogP contribution in [0.1, 0.15) is 12.7 Å². The van der Waals surface area contributed by atoms with E-state index in [4.69, 9.17) is 9.15 Å². The van der Waals surface area contributed by atoms with Gasteiger partial charge >= 0.3 is 0 Å². The molecule has 0 aliphatic rings. The molecule has 1 aromatic carbocycles. The Morgan fingerprint density at radius 3 is 2.88 bits per heavy atom. The molecule has 0 aliphatic heterocycles. The molecule has 4 heteroatoms. The first-order chi connectivity index (χ1) is 7.74. The van der Waals surface area contributed by atoms with E-state index in [-0.39, 0.29) is 0 Å². The fourth-order valence-electron chi connectivity index (χ4n) is 1.59. The number of fused-ring (bicyclic) bond motifs is 1. The lowest BCUT2D eigenvalue weighted by atomic mass is 10.2. The van der Waals surface area contributed by atoms with Crippen LogP contribution in [0.15, 0.2) is 27.1 Å². The number of nitrogens with one attached hydrogen (secondary N) is 1. The van der Waals surface area contributed by atoms with Crippen molar-refractivity contribution in [3.8, 4) is 5.75 Å². The zero-order valence-electron chi connectivity index (χ0n) is 9.34. The Labute approximate surface area is 103 Å². The molecule has 1 heterocycles. The Balaban J connectivity index is 2.40. The minimum Gasteiger partial charge on any atom is -0.497 e. The molecule has 0 unspecified atom stereocenters. The molecule has 2 rings (SSSR count). The highest BCUT2D eigenvalue weighted by Crippen LogP contribution is 2.31. The SMILES string of the molecule is CCNCc1cc2cc(OC)cc(Br)c2o1. The maximum Gasteiger partial charge on any atom is 0.148 e. The second-order valence-electron chi connectivity index (χ2n) is 3.52. The summed E-state index contributed by atoms with van der Waals surface area (Å²) in [6.07, 6.45) is 0. The van der Waals surface area contributed by atoms with Crippen LogP contribution in [0.4, 0.5) is 0 Å². The van der Waals surface area contributed by atoms with Gasteiger partial charge in [-0.25, -0.2) is 0 Å². The van der Waals surface area contributed by atoms with Crippen LogP contribution in [0.5, 0.6) is 5.75 Å². The van der Waals surface area contributed by atoms with Crippen LogP contribution in [-0.4, -0.2) is 13.7 Å². The molecule has 3 nitrogen and oxygen atoms in total. The number of ether oxygens (including phenoxy) is 1. The Hall–Kier alpha value is -1.00. The molecule has 0 amide bonds. The van der Waals surface area contributed by atoms with Crippen molar-refractivity contribution in [1.82, 2.24) is 5.32 Å². The molecule has 86 valence electrons. The Morgan fingerprint density at radius 1 is 1.38 bits per heavy atom. The second kappa shape index (κ2) is 4.89. The van der Waals surface area contributed by atoms with Crippen LogP contribution in [0.3, 0.4) is 0 Å². The lowest BCUT2D eigenvalue weighted by Crippen LogP contribution is -2.10. The van der Waals surface area contributed by atoms with E-state index in [2.05, 4.69) is 28.2 Å². The van der Waals surface area contributed by atoms with E-state index in [1.54, 1.807) is 7.11 Å². The molecule has 16 heavy (non-hydrogen) atoms. The number of hydrogen-bond acceptors (Lipinski definition) is 3. The van der Waals surface area contributed by atoms with E-state index in [1.807, 2.05) is 18.2 Å². The van der Waals surface area contributed by atoms with Crippen molar-refractivity contribution in [2.24, 2.45) is 0 Å². The standard InChI is InChI=1S/C12H14BrNO2/c1-3-14-7-10-5-8-4-9(15-2)6-11(13)12(8)16-10/h4-6,14H,3,7H2,1-2H3. The van der Waals surface area contributed by atoms with Gasteiger partial charge < -0.3 is 14.5 Å². The fourth-order valence-corrected chi connectivity index (χ4v) is 2.13. The van der Waals surface area contributed by atoms with Crippen LogP contribution in [0, 0.1) is 0 Å². The monoisotopic (exact) mass is 283 g/mol. The normalized spacial score (nSPS) is 10.9. The summed E-state index contributed by atoms with van der Waals surface area (Å²) in [5, 5.41) is 4.29. The first kappa shape index (κ1) is 11.5. The maximum absolute atomic E-state index is 5.74. The Morgan fingerprint density at radius 2 is 2.19 bits per heavy atom. The molecule has 0 radical (unpaired) electrons. The quantitative estimate of drug-likeness (QED) is 0.935. The largest absolute Gasteiger partial charge is 0.497 e. The summed E-state index contributed by atoms with van der Waals surface area (Å²) in [6.45, 7) is 3.75. The van der Waals surface area contributed by atoms with Gasteiger partial charge in [-0.2, -0.15) is 0 Å². The molecule has 2 aromatic rings. The third-order valence-electron chi connectivity index (χ3n) is 2.38. The maximum atomic E-state index is 5.74. The van der Waals surface area contributed by atoms with Gasteiger partial charge in [-0.05, 0) is 40.7 Å². The molecular weight excluding hydrogens is 270 g/mol. The van der Waals surface area contributed by atoms with E-state index in [9.17, 15) is 0 Å². The molecule has 0 spiro atoms. The molecule has 0 bridgehead atoms. The van der Waals surface area contributed by atoms with Crippen molar-refractivity contribution in [2.45, 2.75) is 13.5 Å². The second-order valence-corrected chi connectivity index (χ2v) is 4.37. The number of methoxy groups -OCH3 is 1. The number of halogens is 1. The summed E-state index contributed by atoms with van der Waals surface area (Å²) < 4.78 is 11.9. The van der Waals surface area contributed by atoms with Crippen molar-refractivity contribution in [2.75, 3.05) is 13.7 Å². The van der Waals surface area contributed by atoms with E-state index in [0.29, 0.717) is 0 Å². The predicted molar refractivity (Wildman–Crippen MR) is 67.8 cm³/mol. The first-order valence-corrected chi connectivity index (χ1v) is 6.00. The summed E-state index contributed by atoms with van der Waals surface area (Å²) in [5.74, 6) is 1.76. The average molecular weight is 284 g/mol.